The smallest absolute Gasteiger partial charge is 0.0406 e. The summed E-state index contributed by atoms with van der Waals surface area (Å²) in [5.74, 6) is 0.748. The van der Waals surface area contributed by atoms with Gasteiger partial charge in [-0.2, -0.15) is 0 Å². The van der Waals surface area contributed by atoms with E-state index in [-0.39, 0.29) is 5.54 Å². The normalized spacial score (nSPS) is 21.2. The third-order valence-corrected chi connectivity index (χ3v) is 5.16. The van der Waals surface area contributed by atoms with Gasteiger partial charge < -0.3 is 5.32 Å². The molecular formula is C16H22ClN. The largest absolute Gasteiger partial charge is 0.306 e. The lowest BCUT2D eigenvalue weighted by Gasteiger charge is -2.28. The highest BCUT2D eigenvalue weighted by molar-refractivity contribution is 6.18. The minimum Gasteiger partial charge on any atom is -0.306 e. The van der Waals surface area contributed by atoms with Crippen LogP contribution in [0.1, 0.15) is 48.8 Å². The molecule has 2 aliphatic carbocycles. The molecule has 0 aliphatic heterocycles. The Morgan fingerprint density at radius 1 is 1.06 bits per heavy atom. The molecule has 1 nitrogen and oxygen atoms in total. The molecule has 0 amide bonds. The Bertz CT molecular complexity index is 421. The van der Waals surface area contributed by atoms with E-state index in [0.29, 0.717) is 0 Å². The molecule has 0 bridgehead atoms. The molecule has 2 aliphatic rings. The highest BCUT2D eigenvalue weighted by atomic mass is 35.5. The standard InChI is InChI=1S/C16H22ClN/c17-12-16(8-1-2-9-16)18-11-13-6-7-14-4-3-5-15(14)10-13/h6-7,10,18H,1-5,8-9,11-12H2. The van der Waals surface area contributed by atoms with Crippen LogP contribution in [0, 0.1) is 0 Å². The van der Waals surface area contributed by atoms with Crippen molar-refractivity contribution in [1.82, 2.24) is 5.32 Å². The van der Waals surface area contributed by atoms with Gasteiger partial charge in [0.05, 0.1) is 0 Å². The Labute approximate surface area is 115 Å². The number of fused-ring (bicyclic) bond motifs is 1. The SMILES string of the molecule is ClCC1(NCc2ccc3c(c2)CCC3)CCCC1. The van der Waals surface area contributed by atoms with Crippen LogP contribution in [0.5, 0.6) is 0 Å². The predicted molar refractivity (Wildman–Crippen MR) is 77.2 cm³/mol. The zero-order valence-electron chi connectivity index (χ0n) is 11.0. The summed E-state index contributed by atoms with van der Waals surface area (Å²) in [7, 11) is 0. The van der Waals surface area contributed by atoms with Gasteiger partial charge in [0, 0.05) is 18.0 Å². The first-order valence-corrected chi connectivity index (χ1v) is 7.76. The van der Waals surface area contributed by atoms with Crippen LogP contribution in [0.25, 0.3) is 0 Å². The highest BCUT2D eigenvalue weighted by Crippen LogP contribution is 2.31. The van der Waals surface area contributed by atoms with Gasteiger partial charge in [-0.3, -0.25) is 0 Å². The molecule has 1 N–H and O–H groups in total. The summed E-state index contributed by atoms with van der Waals surface area (Å²) in [4.78, 5) is 0. The molecule has 2 heteroatoms. The zero-order chi connectivity index (χ0) is 12.4. The number of hydrogen-bond donors (Lipinski definition) is 1. The summed E-state index contributed by atoms with van der Waals surface area (Å²) >= 11 is 6.16. The van der Waals surface area contributed by atoms with E-state index >= 15 is 0 Å². The Balaban J connectivity index is 1.66. The van der Waals surface area contributed by atoms with Crippen LogP contribution >= 0.6 is 11.6 Å². The van der Waals surface area contributed by atoms with Crippen molar-refractivity contribution in [2.45, 2.75) is 57.0 Å². The van der Waals surface area contributed by atoms with Crippen molar-refractivity contribution < 1.29 is 0 Å². The van der Waals surface area contributed by atoms with Crippen molar-refractivity contribution >= 4 is 11.6 Å². The lowest BCUT2D eigenvalue weighted by molar-refractivity contribution is 0.368. The predicted octanol–water partition coefficient (Wildman–Crippen LogP) is 3.82. The maximum absolute atomic E-state index is 6.16. The molecule has 1 saturated carbocycles. The lowest BCUT2D eigenvalue weighted by Crippen LogP contribution is -2.43. The molecule has 3 rings (SSSR count). The average Bonchev–Trinajstić information content (AvgIpc) is 3.05. The lowest BCUT2D eigenvalue weighted by atomic mass is 9.99. The van der Waals surface area contributed by atoms with Crippen molar-refractivity contribution in [3.63, 3.8) is 0 Å². The van der Waals surface area contributed by atoms with Crippen LogP contribution in [-0.2, 0) is 19.4 Å². The van der Waals surface area contributed by atoms with Crippen LogP contribution < -0.4 is 5.32 Å². The van der Waals surface area contributed by atoms with E-state index in [2.05, 4.69) is 23.5 Å². The van der Waals surface area contributed by atoms with Crippen LogP contribution in [0.2, 0.25) is 0 Å². The average molecular weight is 264 g/mol. The van der Waals surface area contributed by atoms with Gasteiger partial charge >= 0.3 is 0 Å². The summed E-state index contributed by atoms with van der Waals surface area (Å²) in [6, 6.07) is 7.00. The first-order valence-electron chi connectivity index (χ1n) is 7.23. The van der Waals surface area contributed by atoms with Gasteiger partial charge in [-0.05, 0) is 48.8 Å². The Morgan fingerprint density at radius 2 is 1.83 bits per heavy atom. The van der Waals surface area contributed by atoms with Gasteiger partial charge in [0.1, 0.15) is 0 Å². The van der Waals surface area contributed by atoms with Gasteiger partial charge in [0.2, 0.25) is 0 Å². The monoisotopic (exact) mass is 263 g/mol. The number of nitrogens with one attached hydrogen (secondary N) is 1. The number of aryl methyl sites for hydroxylation is 2. The van der Waals surface area contributed by atoms with E-state index < -0.39 is 0 Å². The molecule has 0 atom stereocenters. The van der Waals surface area contributed by atoms with E-state index in [1.54, 1.807) is 11.1 Å². The maximum atomic E-state index is 6.16. The Hall–Kier alpha value is -0.530. The molecule has 18 heavy (non-hydrogen) atoms. The molecule has 98 valence electrons. The second-order valence-corrected chi connectivity index (χ2v) is 6.20. The van der Waals surface area contributed by atoms with E-state index in [1.165, 1.54) is 50.5 Å². The minimum atomic E-state index is 0.209. The topological polar surface area (TPSA) is 12.0 Å². The molecular weight excluding hydrogens is 242 g/mol. The van der Waals surface area contributed by atoms with E-state index in [0.717, 1.165) is 12.4 Å². The zero-order valence-corrected chi connectivity index (χ0v) is 11.7. The second kappa shape index (κ2) is 5.22. The summed E-state index contributed by atoms with van der Waals surface area (Å²) < 4.78 is 0. The number of hydrogen-bond acceptors (Lipinski definition) is 1. The van der Waals surface area contributed by atoms with Crippen molar-refractivity contribution in [1.29, 1.82) is 0 Å². The molecule has 0 unspecified atom stereocenters. The third kappa shape index (κ3) is 2.44. The molecule has 0 aromatic heterocycles. The number of benzene rings is 1. The van der Waals surface area contributed by atoms with Crippen molar-refractivity contribution in [2.24, 2.45) is 0 Å². The van der Waals surface area contributed by atoms with Crippen LogP contribution in [-0.4, -0.2) is 11.4 Å². The molecule has 0 radical (unpaired) electrons. The minimum absolute atomic E-state index is 0.209. The Morgan fingerprint density at radius 3 is 2.61 bits per heavy atom. The van der Waals surface area contributed by atoms with Gasteiger partial charge in [-0.1, -0.05) is 31.0 Å². The van der Waals surface area contributed by atoms with Crippen molar-refractivity contribution in [3.05, 3.63) is 34.9 Å². The first kappa shape index (κ1) is 12.5. The summed E-state index contributed by atoms with van der Waals surface area (Å²) in [6.45, 7) is 0.972. The third-order valence-electron chi connectivity index (χ3n) is 4.65. The second-order valence-electron chi connectivity index (χ2n) is 5.93. The molecule has 1 aromatic carbocycles. The van der Waals surface area contributed by atoms with E-state index in [1.807, 2.05) is 0 Å². The fraction of sp³-hybridized carbons (Fsp3) is 0.625. The van der Waals surface area contributed by atoms with Crippen molar-refractivity contribution in [3.8, 4) is 0 Å². The molecule has 0 spiro atoms. The highest BCUT2D eigenvalue weighted by Gasteiger charge is 2.32. The van der Waals surface area contributed by atoms with Gasteiger partial charge in [0.15, 0.2) is 0 Å². The van der Waals surface area contributed by atoms with Crippen molar-refractivity contribution in [2.75, 3.05) is 5.88 Å². The fourth-order valence-electron chi connectivity index (χ4n) is 3.43. The first-order chi connectivity index (χ1) is 8.81. The van der Waals surface area contributed by atoms with Gasteiger partial charge in [-0.25, -0.2) is 0 Å². The molecule has 1 fully saturated rings. The van der Waals surface area contributed by atoms with Gasteiger partial charge in [-0.15, -0.1) is 11.6 Å². The number of rotatable bonds is 4. The maximum Gasteiger partial charge on any atom is 0.0406 e. The number of halogens is 1. The van der Waals surface area contributed by atoms with Crippen LogP contribution in [0.3, 0.4) is 0 Å². The van der Waals surface area contributed by atoms with Gasteiger partial charge in [0.25, 0.3) is 0 Å². The molecule has 1 aromatic rings. The fourth-order valence-corrected chi connectivity index (χ4v) is 3.80. The summed E-state index contributed by atoms with van der Waals surface area (Å²) in [5, 5.41) is 3.72. The van der Waals surface area contributed by atoms with E-state index in [9.17, 15) is 0 Å². The molecule has 0 saturated heterocycles. The molecule has 0 heterocycles. The summed E-state index contributed by atoms with van der Waals surface area (Å²) in [5.41, 5.74) is 4.76. The van der Waals surface area contributed by atoms with Crippen LogP contribution in [0.15, 0.2) is 18.2 Å². The van der Waals surface area contributed by atoms with Crippen LogP contribution in [0.4, 0.5) is 0 Å². The Kier molecular flexibility index (Phi) is 3.63. The summed E-state index contributed by atoms with van der Waals surface area (Å²) in [6.07, 6.45) is 8.99. The van der Waals surface area contributed by atoms with E-state index in [4.69, 9.17) is 11.6 Å². The quantitative estimate of drug-likeness (QED) is 0.815. The number of alkyl halides is 1.